The monoisotopic (exact) mass is 796 g/mol. The summed E-state index contributed by atoms with van der Waals surface area (Å²) in [5.41, 5.74) is 4.30. The number of esters is 2. The molecule has 7 aliphatic rings. The Morgan fingerprint density at radius 3 is 2.61 bits per heavy atom. The highest BCUT2D eigenvalue weighted by Crippen LogP contribution is 2.65. The normalized spacial score (nSPS) is 28.2. The fraction of sp³-hybridized carbons (Fsp3) is 0.452. The van der Waals surface area contributed by atoms with Crippen LogP contribution < -0.4 is 29.0 Å². The maximum Gasteiger partial charge on any atom is 0.331 e. The van der Waals surface area contributed by atoms with E-state index >= 15 is 0 Å². The van der Waals surface area contributed by atoms with Crippen LogP contribution in [0, 0.1) is 25.2 Å². The van der Waals surface area contributed by atoms with Gasteiger partial charge in [0, 0.05) is 60.1 Å². The SMILES string of the molecule is C=CCN1[C@@H]2c3c(cc(C)c(OC)c3O)C[C@@H]1[C@H](C#N)N1C2[C@@H]2SC[C@]3(NCCc4cc(O)c(OC)cc43)C(=O)OC[C@@H]1c1c3c(c(C)c(OC(C)=O)c12)OCO3. The minimum absolute atomic E-state index is 0.0262. The van der Waals surface area contributed by atoms with Gasteiger partial charge in [0.25, 0.3) is 0 Å². The predicted molar refractivity (Wildman–Crippen MR) is 207 cm³/mol. The van der Waals surface area contributed by atoms with E-state index in [1.807, 2.05) is 26.0 Å². The lowest BCUT2D eigenvalue weighted by molar-refractivity contribution is -0.157. The number of phenolic OH excluding ortho intramolecular Hbond substituents is 2. The number of carbonyl (C=O) groups is 2. The summed E-state index contributed by atoms with van der Waals surface area (Å²) < 4.78 is 36.2. The van der Waals surface area contributed by atoms with Gasteiger partial charge in [0.1, 0.15) is 18.4 Å². The number of methoxy groups -OCH3 is 2. The van der Waals surface area contributed by atoms with Gasteiger partial charge >= 0.3 is 11.9 Å². The summed E-state index contributed by atoms with van der Waals surface area (Å²) in [4.78, 5) is 32.2. The van der Waals surface area contributed by atoms with Crippen molar-refractivity contribution >= 4 is 23.7 Å². The molecule has 0 amide bonds. The smallest absolute Gasteiger partial charge is 0.331 e. The third kappa shape index (κ3) is 5.26. The van der Waals surface area contributed by atoms with Crippen LogP contribution in [-0.4, -0.2) is 96.5 Å². The van der Waals surface area contributed by atoms with Crippen LogP contribution in [-0.2, 0) is 32.7 Å². The van der Waals surface area contributed by atoms with Crippen molar-refractivity contribution in [2.75, 3.05) is 46.5 Å². The molecule has 14 nitrogen and oxygen atoms in total. The molecule has 2 saturated heterocycles. The number of aryl methyl sites for hydroxylation is 1. The largest absolute Gasteiger partial charge is 0.504 e. The number of benzene rings is 3. The number of aromatic hydroxyl groups is 2. The summed E-state index contributed by atoms with van der Waals surface area (Å²) in [5, 5.41) is 37.2. The molecule has 1 spiro atoms. The average Bonchev–Trinajstić information content (AvgIpc) is 3.68. The van der Waals surface area contributed by atoms with Crippen molar-refractivity contribution in [2.45, 2.75) is 74.6 Å². The zero-order valence-electron chi connectivity index (χ0n) is 32.3. The van der Waals surface area contributed by atoms with Crippen LogP contribution in [0.3, 0.4) is 0 Å². The molecule has 298 valence electrons. The zero-order chi connectivity index (χ0) is 40.1. The molecule has 0 aromatic heterocycles. The maximum absolute atomic E-state index is 14.8. The van der Waals surface area contributed by atoms with Crippen molar-refractivity contribution < 1.29 is 48.2 Å². The van der Waals surface area contributed by atoms with E-state index in [-0.39, 0.29) is 42.4 Å². The summed E-state index contributed by atoms with van der Waals surface area (Å²) in [7, 11) is 3.00. The van der Waals surface area contributed by atoms with Crippen molar-refractivity contribution in [1.29, 1.82) is 5.26 Å². The molecular formula is C42H44N4O10S. The van der Waals surface area contributed by atoms with Gasteiger partial charge in [0.2, 0.25) is 6.79 Å². The molecule has 15 heteroatoms. The number of nitriles is 1. The first kappa shape index (κ1) is 37.4. The highest BCUT2D eigenvalue weighted by atomic mass is 32.2. The van der Waals surface area contributed by atoms with Crippen molar-refractivity contribution in [3.63, 3.8) is 0 Å². The average molecular weight is 797 g/mol. The number of nitrogens with one attached hydrogen (secondary N) is 1. The molecule has 7 atom stereocenters. The van der Waals surface area contributed by atoms with E-state index in [0.29, 0.717) is 76.7 Å². The molecule has 4 bridgehead atoms. The number of rotatable bonds is 5. The molecule has 7 heterocycles. The van der Waals surface area contributed by atoms with Crippen LogP contribution in [0.25, 0.3) is 0 Å². The van der Waals surface area contributed by atoms with E-state index in [0.717, 1.165) is 16.7 Å². The first-order valence-corrected chi connectivity index (χ1v) is 20.1. The highest BCUT2D eigenvalue weighted by molar-refractivity contribution is 7.99. The van der Waals surface area contributed by atoms with Crippen LogP contribution in [0.4, 0.5) is 0 Å². The Morgan fingerprint density at radius 1 is 1.11 bits per heavy atom. The third-order valence-electron chi connectivity index (χ3n) is 12.6. The minimum Gasteiger partial charge on any atom is -0.504 e. The molecule has 3 N–H and O–H groups in total. The fourth-order valence-electron chi connectivity index (χ4n) is 10.4. The van der Waals surface area contributed by atoms with Gasteiger partial charge in [-0.05, 0) is 61.1 Å². The summed E-state index contributed by atoms with van der Waals surface area (Å²) in [6.45, 7) is 9.75. The van der Waals surface area contributed by atoms with Crippen LogP contribution in [0.15, 0.2) is 30.9 Å². The molecule has 0 aliphatic carbocycles. The maximum atomic E-state index is 14.8. The lowest BCUT2D eigenvalue weighted by Gasteiger charge is -2.62. The van der Waals surface area contributed by atoms with E-state index in [4.69, 9.17) is 28.4 Å². The van der Waals surface area contributed by atoms with Crippen LogP contribution in [0.2, 0.25) is 0 Å². The van der Waals surface area contributed by atoms with Crippen LogP contribution in [0.1, 0.15) is 68.8 Å². The molecular weight excluding hydrogens is 753 g/mol. The first-order chi connectivity index (χ1) is 27.5. The van der Waals surface area contributed by atoms with E-state index < -0.39 is 46.9 Å². The lowest BCUT2D eigenvalue weighted by atomic mass is 9.71. The predicted octanol–water partition coefficient (Wildman–Crippen LogP) is 4.54. The number of carbonyl (C=O) groups excluding carboxylic acids is 2. The van der Waals surface area contributed by atoms with Gasteiger partial charge in [0.05, 0.1) is 37.6 Å². The standard InChI is InChI=1S/C42H44N4O10S/c1-7-10-45-25-12-23-11-19(2)36(52-6)35(49)30(23)33(45)34-40-32-31(39-38(54-18-55-39)20(3)37(32)56-21(4)47)27(46(34)26(25)15-43)16-53-41(50)42(17-57-40)24-14-29(51-5)28(48)13-22(24)8-9-44-42/h7,11,13-14,25-27,33-34,40,44,48-49H,1,8-10,12,16-18H2,2-6H3/t25-,26+,27-,33-,34?,40-,42-/m1/s1. The Kier molecular flexibility index (Phi) is 9.04. The van der Waals surface area contributed by atoms with Gasteiger partial charge in [-0.1, -0.05) is 12.1 Å². The van der Waals surface area contributed by atoms with Gasteiger partial charge in [0.15, 0.2) is 40.0 Å². The van der Waals surface area contributed by atoms with E-state index in [9.17, 15) is 25.1 Å². The summed E-state index contributed by atoms with van der Waals surface area (Å²) in [5.74, 6) is 0.869. The number of phenols is 2. The second kappa shape index (κ2) is 13.8. The van der Waals surface area contributed by atoms with Crippen LogP contribution in [0.5, 0.6) is 40.2 Å². The fourth-order valence-corrected chi connectivity index (χ4v) is 12.1. The summed E-state index contributed by atoms with van der Waals surface area (Å²) in [6, 6.07) is 5.08. The van der Waals surface area contributed by atoms with Crippen molar-refractivity contribution in [2.24, 2.45) is 0 Å². The minimum atomic E-state index is -1.38. The van der Waals surface area contributed by atoms with E-state index in [1.165, 1.54) is 32.9 Å². The number of ether oxygens (including phenoxy) is 6. The molecule has 3 aromatic carbocycles. The lowest BCUT2D eigenvalue weighted by Crippen LogP contribution is -2.70. The Hall–Kier alpha value is -5.14. The van der Waals surface area contributed by atoms with E-state index in [2.05, 4.69) is 27.8 Å². The summed E-state index contributed by atoms with van der Waals surface area (Å²) >= 11 is 1.47. The topological polar surface area (TPSA) is 172 Å². The van der Waals surface area contributed by atoms with E-state index in [1.54, 1.807) is 12.1 Å². The number of piperazine rings is 1. The Labute approximate surface area is 334 Å². The molecule has 10 rings (SSSR count). The molecule has 0 radical (unpaired) electrons. The Morgan fingerprint density at radius 2 is 1.89 bits per heavy atom. The molecule has 57 heavy (non-hydrogen) atoms. The van der Waals surface area contributed by atoms with Crippen molar-refractivity contribution in [3.8, 4) is 46.3 Å². The molecule has 0 saturated carbocycles. The first-order valence-electron chi connectivity index (χ1n) is 19.0. The quantitative estimate of drug-likeness (QED) is 0.187. The summed E-state index contributed by atoms with van der Waals surface area (Å²) in [6.07, 6.45) is 2.82. The molecule has 7 aliphatic heterocycles. The van der Waals surface area contributed by atoms with Gasteiger partial charge in [-0.2, -0.15) is 5.26 Å². The zero-order valence-corrected chi connectivity index (χ0v) is 33.2. The Bertz CT molecular complexity index is 2290. The number of hydrogen-bond acceptors (Lipinski definition) is 15. The van der Waals surface area contributed by atoms with Gasteiger partial charge < -0.3 is 38.6 Å². The molecule has 1 unspecified atom stereocenters. The number of hydrogen-bond donors (Lipinski definition) is 3. The van der Waals surface area contributed by atoms with Crippen molar-refractivity contribution in [1.82, 2.24) is 15.1 Å². The van der Waals surface area contributed by atoms with Gasteiger partial charge in [-0.25, -0.2) is 4.79 Å². The number of thioether (sulfide) groups is 1. The Balaban J connectivity index is 1.35. The molecule has 2 fully saturated rings. The number of fused-ring (bicyclic) bond motifs is 9. The molecule has 3 aromatic rings. The highest BCUT2D eigenvalue weighted by Gasteiger charge is 2.62. The van der Waals surface area contributed by atoms with Gasteiger partial charge in [-0.3, -0.25) is 19.9 Å². The second-order valence-electron chi connectivity index (χ2n) is 15.4. The number of nitrogens with zero attached hydrogens (tertiary/aromatic N) is 3. The van der Waals surface area contributed by atoms with Crippen LogP contribution >= 0.6 is 11.8 Å². The second-order valence-corrected chi connectivity index (χ2v) is 16.5. The van der Waals surface area contributed by atoms with Crippen molar-refractivity contribution in [3.05, 3.63) is 75.4 Å². The third-order valence-corrected chi connectivity index (χ3v) is 14.1. The van der Waals surface area contributed by atoms with Gasteiger partial charge in [-0.15, -0.1) is 18.3 Å².